The van der Waals surface area contributed by atoms with Gasteiger partial charge in [-0.25, -0.2) is 15.1 Å². The Hall–Kier alpha value is -2.30. The summed E-state index contributed by atoms with van der Waals surface area (Å²) in [6.07, 6.45) is 1.38. The summed E-state index contributed by atoms with van der Waals surface area (Å²) in [5.41, 5.74) is 0.733. The number of piperazine rings is 1. The third-order valence-electron chi connectivity index (χ3n) is 3.79. The maximum atomic E-state index is 12.2. The average molecular weight is 351 g/mol. The quantitative estimate of drug-likeness (QED) is 0.782. The van der Waals surface area contributed by atoms with Crippen molar-refractivity contribution in [2.75, 3.05) is 32.8 Å². The second-order valence-electron chi connectivity index (χ2n) is 5.31. The van der Waals surface area contributed by atoms with Crippen LogP contribution in [0.4, 0.5) is 0 Å². The fourth-order valence-electron chi connectivity index (χ4n) is 2.51. The molecule has 0 spiro atoms. The number of nitrogens with two attached hydrogens (primary N) is 1. The van der Waals surface area contributed by atoms with Gasteiger partial charge >= 0.3 is 0 Å². The van der Waals surface area contributed by atoms with Gasteiger partial charge in [0, 0.05) is 26.2 Å². The summed E-state index contributed by atoms with van der Waals surface area (Å²) in [6, 6.07) is 7.35. The second kappa shape index (κ2) is 6.67. The van der Waals surface area contributed by atoms with E-state index < -0.39 is 10.2 Å². The van der Waals surface area contributed by atoms with Gasteiger partial charge in [-0.3, -0.25) is 4.79 Å². The maximum absolute atomic E-state index is 12.2. The topological polar surface area (TPSA) is 119 Å². The van der Waals surface area contributed by atoms with Gasteiger partial charge in [-0.05, 0) is 12.1 Å². The van der Waals surface area contributed by atoms with Crippen molar-refractivity contribution in [3.8, 4) is 5.88 Å². The zero-order valence-electron chi connectivity index (χ0n) is 12.8. The molecule has 1 aromatic heterocycles. The average Bonchev–Trinajstić information content (AvgIpc) is 2.59. The smallest absolute Gasteiger partial charge is 0.277 e. The molecule has 0 atom stereocenters. The van der Waals surface area contributed by atoms with Crippen molar-refractivity contribution in [1.82, 2.24) is 19.2 Å². The molecule has 3 rings (SSSR count). The molecular formula is C14H17N5O4S. The molecule has 1 fully saturated rings. The number of amides is 1. The molecule has 0 bridgehead atoms. The molecule has 2 N–H and O–H groups in total. The molecule has 9 nitrogen and oxygen atoms in total. The Labute approximate surface area is 139 Å². The summed E-state index contributed by atoms with van der Waals surface area (Å²) in [4.78, 5) is 22.0. The molecule has 0 saturated carbocycles. The molecule has 0 radical (unpaired) electrons. The second-order valence-corrected chi connectivity index (χ2v) is 6.86. The molecule has 1 aliphatic heterocycles. The van der Waals surface area contributed by atoms with Gasteiger partial charge in [0.05, 0.1) is 10.9 Å². The first-order valence-electron chi connectivity index (χ1n) is 7.33. The van der Waals surface area contributed by atoms with Crippen molar-refractivity contribution < 1.29 is 17.9 Å². The number of rotatable bonds is 4. The minimum absolute atomic E-state index is 0.170. The summed E-state index contributed by atoms with van der Waals surface area (Å²) >= 11 is 0. The predicted octanol–water partition coefficient (Wildman–Crippen LogP) is -0.644. The van der Waals surface area contributed by atoms with Crippen LogP contribution in [-0.4, -0.2) is 66.3 Å². The van der Waals surface area contributed by atoms with Crippen LogP contribution in [0.5, 0.6) is 5.88 Å². The van der Waals surface area contributed by atoms with E-state index in [1.165, 1.54) is 6.33 Å². The van der Waals surface area contributed by atoms with Gasteiger partial charge in [0.1, 0.15) is 6.33 Å². The first-order chi connectivity index (χ1) is 11.4. The summed E-state index contributed by atoms with van der Waals surface area (Å²) in [5, 5.41) is 5.80. The molecule has 10 heteroatoms. The van der Waals surface area contributed by atoms with Gasteiger partial charge in [-0.1, -0.05) is 12.1 Å². The number of hydrogen-bond acceptors (Lipinski definition) is 6. The molecule has 2 heterocycles. The van der Waals surface area contributed by atoms with Crippen molar-refractivity contribution >= 4 is 27.0 Å². The van der Waals surface area contributed by atoms with Crippen LogP contribution < -0.4 is 9.88 Å². The Morgan fingerprint density at radius 1 is 1.17 bits per heavy atom. The number of hydrogen-bond donors (Lipinski definition) is 1. The largest absolute Gasteiger partial charge is 0.467 e. The van der Waals surface area contributed by atoms with E-state index in [1.807, 2.05) is 24.3 Å². The standard InChI is InChI=1S/C14H17N5O4S/c15-24(21,22)19-7-5-18(6-8-19)13(20)9-23-14-11-3-1-2-4-12(11)16-10-17-14/h1-4,10H,5-9H2,(H2,15,21,22). The lowest BCUT2D eigenvalue weighted by Gasteiger charge is -2.32. The van der Waals surface area contributed by atoms with Crippen LogP contribution in [0.2, 0.25) is 0 Å². The molecular weight excluding hydrogens is 334 g/mol. The van der Waals surface area contributed by atoms with Crippen LogP contribution in [0, 0.1) is 0 Å². The number of fused-ring (bicyclic) bond motifs is 1. The minimum atomic E-state index is -3.71. The Balaban J connectivity index is 1.60. The van der Waals surface area contributed by atoms with E-state index in [2.05, 4.69) is 9.97 Å². The van der Waals surface area contributed by atoms with Crippen molar-refractivity contribution in [1.29, 1.82) is 0 Å². The molecule has 1 saturated heterocycles. The van der Waals surface area contributed by atoms with E-state index in [-0.39, 0.29) is 38.7 Å². The summed E-state index contributed by atoms with van der Waals surface area (Å²) in [5.74, 6) is 0.115. The lowest BCUT2D eigenvalue weighted by molar-refractivity contribution is -0.134. The summed E-state index contributed by atoms with van der Waals surface area (Å²) in [6.45, 7) is 0.755. The monoisotopic (exact) mass is 351 g/mol. The van der Waals surface area contributed by atoms with Crippen LogP contribution >= 0.6 is 0 Å². The van der Waals surface area contributed by atoms with E-state index in [0.29, 0.717) is 5.88 Å². The lowest BCUT2D eigenvalue weighted by atomic mass is 10.2. The molecule has 0 aliphatic carbocycles. The number of carbonyl (C=O) groups excluding carboxylic acids is 1. The zero-order valence-corrected chi connectivity index (χ0v) is 13.6. The third kappa shape index (κ3) is 3.61. The number of ether oxygens (including phenoxy) is 1. The van der Waals surface area contributed by atoms with Gasteiger partial charge in [-0.15, -0.1) is 0 Å². The van der Waals surface area contributed by atoms with Crippen LogP contribution in [0.1, 0.15) is 0 Å². The number of aromatic nitrogens is 2. The number of para-hydroxylation sites is 1. The van der Waals surface area contributed by atoms with Crippen LogP contribution in [-0.2, 0) is 15.0 Å². The van der Waals surface area contributed by atoms with E-state index in [1.54, 1.807) is 4.90 Å². The first-order valence-corrected chi connectivity index (χ1v) is 8.83. The Morgan fingerprint density at radius 2 is 1.88 bits per heavy atom. The highest BCUT2D eigenvalue weighted by Crippen LogP contribution is 2.20. The summed E-state index contributed by atoms with van der Waals surface area (Å²) in [7, 11) is -3.71. The maximum Gasteiger partial charge on any atom is 0.277 e. The molecule has 0 unspecified atom stereocenters. The van der Waals surface area contributed by atoms with Gasteiger partial charge in [0.2, 0.25) is 5.88 Å². The molecule has 1 aromatic carbocycles. The van der Waals surface area contributed by atoms with Crippen molar-refractivity contribution in [3.63, 3.8) is 0 Å². The predicted molar refractivity (Wildman–Crippen MR) is 86.3 cm³/mol. The van der Waals surface area contributed by atoms with E-state index in [0.717, 1.165) is 15.2 Å². The van der Waals surface area contributed by atoms with Gasteiger partial charge in [0.15, 0.2) is 6.61 Å². The highest BCUT2D eigenvalue weighted by molar-refractivity contribution is 7.86. The molecule has 1 aliphatic rings. The van der Waals surface area contributed by atoms with Crippen LogP contribution in [0.25, 0.3) is 10.9 Å². The SMILES string of the molecule is NS(=O)(=O)N1CCN(C(=O)COc2ncnc3ccccc23)CC1. The lowest BCUT2D eigenvalue weighted by Crippen LogP contribution is -2.53. The third-order valence-corrected chi connectivity index (χ3v) is 4.87. The van der Waals surface area contributed by atoms with Crippen molar-refractivity contribution in [3.05, 3.63) is 30.6 Å². The Kier molecular flexibility index (Phi) is 4.60. The Morgan fingerprint density at radius 3 is 2.58 bits per heavy atom. The fraction of sp³-hybridized carbons (Fsp3) is 0.357. The van der Waals surface area contributed by atoms with Gasteiger partial charge in [-0.2, -0.15) is 12.7 Å². The van der Waals surface area contributed by atoms with Gasteiger partial charge < -0.3 is 9.64 Å². The molecule has 1 amide bonds. The Bertz CT molecular complexity index is 844. The van der Waals surface area contributed by atoms with E-state index in [4.69, 9.17) is 9.88 Å². The highest BCUT2D eigenvalue weighted by Gasteiger charge is 2.26. The highest BCUT2D eigenvalue weighted by atomic mass is 32.2. The minimum Gasteiger partial charge on any atom is -0.467 e. The van der Waals surface area contributed by atoms with Gasteiger partial charge in [0.25, 0.3) is 16.1 Å². The van der Waals surface area contributed by atoms with E-state index >= 15 is 0 Å². The van der Waals surface area contributed by atoms with Crippen LogP contribution in [0.15, 0.2) is 30.6 Å². The number of benzene rings is 1. The van der Waals surface area contributed by atoms with Crippen molar-refractivity contribution in [2.45, 2.75) is 0 Å². The van der Waals surface area contributed by atoms with Crippen LogP contribution in [0.3, 0.4) is 0 Å². The summed E-state index contributed by atoms with van der Waals surface area (Å²) < 4.78 is 29.2. The molecule has 128 valence electrons. The molecule has 2 aromatic rings. The first kappa shape index (κ1) is 16.6. The number of carbonyl (C=O) groups is 1. The molecule has 24 heavy (non-hydrogen) atoms. The number of nitrogens with zero attached hydrogens (tertiary/aromatic N) is 4. The van der Waals surface area contributed by atoms with E-state index in [9.17, 15) is 13.2 Å². The fourth-order valence-corrected chi connectivity index (χ4v) is 3.18. The normalized spacial score (nSPS) is 16.3. The zero-order chi connectivity index (χ0) is 17.2. The van der Waals surface area contributed by atoms with Crippen molar-refractivity contribution in [2.24, 2.45) is 5.14 Å².